The third-order valence-electron chi connectivity index (χ3n) is 3.96. The second kappa shape index (κ2) is 6.58. The monoisotopic (exact) mass is 226 g/mol. The van der Waals surface area contributed by atoms with E-state index in [-0.39, 0.29) is 0 Å². The Morgan fingerprint density at radius 3 is 2.94 bits per heavy atom. The second-order valence-electron chi connectivity index (χ2n) is 5.32. The summed E-state index contributed by atoms with van der Waals surface area (Å²) in [5, 5.41) is 0. The predicted molar refractivity (Wildman–Crippen MR) is 66.4 cm³/mol. The largest absolute Gasteiger partial charge is 0.378 e. The highest BCUT2D eigenvalue weighted by molar-refractivity contribution is 4.74. The molecular weight excluding hydrogens is 200 g/mol. The number of hydrogen-bond donors (Lipinski definition) is 1. The van der Waals surface area contributed by atoms with E-state index in [0.29, 0.717) is 6.10 Å². The summed E-state index contributed by atoms with van der Waals surface area (Å²) < 4.78 is 5.65. The average Bonchev–Trinajstić information content (AvgIpc) is 2.82. The van der Waals surface area contributed by atoms with Gasteiger partial charge >= 0.3 is 0 Å². The first-order chi connectivity index (χ1) is 7.88. The zero-order valence-electron chi connectivity index (χ0n) is 10.4. The van der Waals surface area contributed by atoms with Crippen LogP contribution in [-0.2, 0) is 4.74 Å². The minimum Gasteiger partial charge on any atom is -0.378 e. The Balaban J connectivity index is 1.58. The molecule has 2 unspecified atom stereocenters. The molecule has 16 heavy (non-hydrogen) atoms. The van der Waals surface area contributed by atoms with Gasteiger partial charge in [-0.3, -0.25) is 0 Å². The lowest BCUT2D eigenvalue weighted by Crippen LogP contribution is -2.38. The zero-order valence-corrected chi connectivity index (χ0v) is 10.4. The summed E-state index contributed by atoms with van der Waals surface area (Å²) in [7, 11) is 0. The fourth-order valence-electron chi connectivity index (χ4n) is 2.96. The number of ether oxygens (including phenoxy) is 1. The number of nitrogens with zero attached hydrogens (tertiary/aromatic N) is 1. The van der Waals surface area contributed by atoms with E-state index in [1.54, 1.807) is 0 Å². The van der Waals surface area contributed by atoms with E-state index in [9.17, 15) is 0 Å². The molecule has 3 nitrogen and oxygen atoms in total. The van der Waals surface area contributed by atoms with Gasteiger partial charge in [0.25, 0.3) is 0 Å². The van der Waals surface area contributed by atoms with Crippen molar-refractivity contribution < 1.29 is 4.74 Å². The molecule has 0 aromatic rings. The normalized spacial score (nSPS) is 32.1. The van der Waals surface area contributed by atoms with Crippen molar-refractivity contribution in [2.24, 2.45) is 11.7 Å². The minimum absolute atomic E-state index is 0.565. The molecule has 2 saturated heterocycles. The summed E-state index contributed by atoms with van der Waals surface area (Å²) in [4.78, 5) is 2.59. The van der Waals surface area contributed by atoms with Crippen molar-refractivity contribution in [1.29, 1.82) is 0 Å². The molecule has 0 amide bonds. The number of hydrogen-bond acceptors (Lipinski definition) is 3. The maximum atomic E-state index is 5.75. The van der Waals surface area contributed by atoms with Gasteiger partial charge in [0.05, 0.1) is 6.10 Å². The molecule has 0 spiro atoms. The highest BCUT2D eigenvalue weighted by atomic mass is 16.5. The van der Waals surface area contributed by atoms with Crippen molar-refractivity contribution in [3.8, 4) is 0 Å². The molecule has 2 heterocycles. The molecule has 0 saturated carbocycles. The molecule has 0 bridgehead atoms. The highest BCUT2D eigenvalue weighted by Gasteiger charge is 2.19. The Labute approximate surface area is 99.3 Å². The molecule has 2 fully saturated rings. The molecule has 0 aromatic carbocycles. The highest BCUT2D eigenvalue weighted by Crippen LogP contribution is 2.19. The predicted octanol–water partition coefficient (Wildman–Crippen LogP) is 1.62. The van der Waals surface area contributed by atoms with Crippen LogP contribution < -0.4 is 5.73 Å². The van der Waals surface area contributed by atoms with Gasteiger partial charge in [-0.05, 0) is 64.1 Å². The van der Waals surface area contributed by atoms with Crippen LogP contribution >= 0.6 is 0 Å². The average molecular weight is 226 g/mol. The summed E-state index contributed by atoms with van der Waals surface area (Å²) in [5.74, 6) is 0.747. The third-order valence-corrected chi connectivity index (χ3v) is 3.96. The van der Waals surface area contributed by atoms with Crippen LogP contribution in [0.15, 0.2) is 0 Å². The van der Waals surface area contributed by atoms with Crippen molar-refractivity contribution in [3.63, 3.8) is 0 Å². The molecule has 2 N–H and O–H groups in total. The minimum atomic E-state index is 0.565. The first-order valence-corrected chi connectivity index (χ1v) is 6.92. The van der Waals surface area contributed by atoms with E-state index < -0.39 is 0 Å². The van der Waals surface area contributed by atoms with E-state index >= 15 is 0 Å². The molecule has 2 aliphatic rings. The summed E-state index contributed by atoms with van der Waals surface area (Å²) in [6.45, 7) is 5.60. The van der Waals surface area contributed by atoms with Crippen molar-refractivity contribution in [1.82, 2.24) is 4.90 Å². The molecule has 94 valence electrons. The van der Waals surface area contributed by atoms with Crippen LogP contribution in [0.1, 0.15) is 38.5 Å². The molecule has 2 rings (SSSR count). The van der Waals surface area contributed by atoms with Crippen LogP contribution in [0.3, 0.4) is 0 Å². The van der Waals surface area contributed by atoms with Crippen LogP contribution in [0.25, 0.3) is 0 Å². The second-order valence-corrected chi connectivity index (χ2v) is 5.32. The summed E-state index contributed by atoms with van der Waals surface area (Å²) >= 11 is 0. The van der Waals surface area contributed by atoms with Crippen LogP contribution in [0.4, 0.5) is 0 Å². The van der Waals surface area contributed by atoms with E-state index in [1.165, 1.54) is 58.2 Å². The Hall–Kier alpha value is -0.120. The SMILES string of the molecule is NCC1CCCN(CCCC2CCCO2)C1. The van der Waals surface area contributed by atoms with Gasteiger partial charge in [-0.1, -0.05) is 0 Å². The van der Waals surface area contributed by atoms with Crippen LogP contribution in [0, 0.1) is 5.92 Å². The summed E-state index contributed by atoms with van der Waals surface area (Å²) in [6.07, 6.45) is 8.33. The molecule has 3 heteroatoms. The molecular formula is C13H26N2O. The van der Waals surface area contributed by atoms with Gasteiger partial charge in [0.1, 0.15) is 0 Å². The Kier molecular flexibility index (Phi) is 5.07. The Morgan fingerprint density at radius 1 is 1.25 bits per heavy atom. The standard InChI is InChI=1S/C13H26N2O/c14-10-12-4-1-7-15(11-12)8-2-5-13-6-3-9-16-13/h12-13H,1-11,14H2. The number of nitrogens with two attached hydrogens (primary N) is 1. The van der Waals surface area contributed by atoms with E-state index in [4.69, 9.17) is 10.5 Å². The first kappa shape index (κ1) is 12.3. The van der Waals surface area contributed by atoms with Gasteiger partial charge < -0.3 is 15.4 Å². The van der Waals surface area contributed by atoms with E-state index in [2.05, 4.69) is 4.90 Å². The summed E-state index contributed by atoms with van der Waals surface area (Å²) in [6, 6.07) is 0. The smallest absolute Gasteiger partial charge is 0.0576 e. The quantitative estimate of drug-likeness (QED) is 0.774. The van der Waals surface area contributed by atoms with Crippen LogP contribution in [-0.4, -0.2) is 43.8 Å². The van der Waals surface area contributed by atoms with Gasteiger partial charge in [0.15, 0.2) is 0 Å². The molecule has 0 aliphatic carbocycles. The van der Waals surface area contributed by atoms with Gasteiger partial charge in [-0.25, -0.2) is 0 Å². The Morgan fingerprint density at radius 2 is 2.19 bits per heavy atom. The first-order valence-electron chi connectivity index (χ1n) is 6.92. The number of rotatable bonds is 5. The number of likely N-dealkylation sites (tertiary alicyclic amines) is 1. The van der Waals surface area contributed by atoms with Crippen molar-refractivity contribution in [3.05, 3.63) is 0 Å². The zero-order chi connectivity index (χ0) is 11.2. The maximum absolute atomic E-state index is 5.75. The topological polar surface area (TPSA) is 38.5 Å². The Bertz CT molecular complexity index is 192. The van der Waals surface area contributed by atoms with Crippen LogP contribution in [0.2, 0.25) is 0 Å². The van der Waals surface area contributed by atoms with Crippen molar-refractivity contribution in [2.75, 3.05) is 32.8 Å². The van der Waals surface area contributed by atoms with E-state index in [1.807, 2.05) is 0 Å². The third kappa shape index (κ3) is 3.72. The van der Waals surface area contributed by atoms with Gasteiger partial charge in [0.2, 0.25) is 0 Å². The van der Waals surface area contributed by atoms with Crippen molar-refractivity contribution in [2.45, 2.75) is 44.6 Å². The molecule has 0 radical (unpaired) electrons. The van der Waals surface area contributed by atoms with Gasteiger partial charge in [-0.15, -0.1) is 0 Å². The fraction of sp³-hybridized carbons (Fsp3) is 1.00. The van der Waals surface area contributed by atoms with Crippen molar-refractivity contribution >= 4 is 0 Å². The van der Waals surface area contributed by atoms with Crippen LogP contribution in [0.5, 0.6) is 0 Å². The lowest BCUT2D eigenvalue weighted by atomic mass is 9.98. The van der Waals surface area contributed by atoms with E-state index in [0.717, 1.165) is 19.1 Å². The summed E-state index contributed by atoms with van der Waals surface area (Å²) in [5.41, 5.74) is 5.75. The maximum Gasteiger partial charge on any atom is 0.0576 e. The molecule has 2 aliphatic heterocycles. The lowest BCUT2D eigenvalue weighted by molar-refractivity contribution is 0.0954. The fourth-order valence-corrected chi connectivity index (χ4v) is 2.96. The van der Waals surface area contributed by atoms with Gasteiger partial charge in [0, 0.05) is 13.2 Å². The molecule has 0 aromatic heterocycles. The lowest BCUT2D eigenvalue weighted by Gasteiger charge is -2.32. The number of piperidine rings is 1. The van der Waals surface area contributed by atoms with Gasteiger partial charge in [-0.2, -0.15) is 0 Å². The molecule has 2 atom stereocenters.